The van der Waals surface area contributed by atoms with Crippen molar-refractivity contribution in [1.82, 2.24) is 4.98 Å². The quantitative estimate of drug-likeness (QED) is 0.351. The molecule has 6 heteroatoms. The van der Waals surface area contributed by atoms with Crippen LogP contribution in [0.25, 0.3) is 0 Å². The Bertz CT molecular complexity index is 529. The molecule has 1 aromatic heterocycles. The van der Waals surface area contributed by atoms with Crippen LogP contribution in [0, 0.1) is 6.92 Å². The summed E-state index contributed by atoms with van der Waals surface area (Å²) in [5.74, 6) is 0.903. The lowest BCUT2D eigenvalue weighted by molar-refractivity contribution is 0.973. The Labute approximate surface area is 126 Å². The number of hydrogen-bond acceptors (Lipinski definition) is 5. The summed E-state index contributed by atoms with van der Waals surface area (Å²) in [5, 5.41) is 9.05. The third-order valence-corrected chi connectivity index (χ3v) is 4.60. The third kappa shape index (κ3) is 5.63. The molecule has 0 radical (unpaired) electrons. The zero-order chi connectivity index (χ0) is 14.0. The number of nitrogens with zero attached hydrogens (tertiary/aromatic N) is 3. The summed E-state index contributed by atoms with van der Waals surface area (Å²) in [5.41, 5.74) is 5.10. The van der Waals surface area contributed by atoms with Crippen molar-refractivity contribution in [2.45, 2.75) is 11.9 Å². The first-order chi connectivity index (χ1) is 9.84. The molecule has 0 atom stereocenters. The molecule has 0 unspecified atom stereocenters. The summed E-state index contributed by atoms with van der Waals surface area (Å²) in [6, 6.07) is 14.0. The van der Waals surface area contributed by atoms with Crippen LogP contribution in [0.3, 0.4) is 0 Å². The molecule has 0 saturated heterocycles. The van der Waals surface area contributed by atoms with Gasteiger partial charge in [-0.1, -0.05) is 39.8 Å². The molecule has 0 spiro atoms. The lowest BCUT2D eigenvalue weighted by Crippen LogP contribution is -1.89. The van der Waals surface area contributed by atoms with Crippen molar-refractivity contribution < 1.29 is 0 Å². The van der Waals surface area contributed by atoms with Crippen LogP contribution >= 0.6 is 21.6 Å². The van der Waals surface area contributed by atoms with Crippen LogP contribution in [-0.4, -0.2) is 17.3 Å². The fraction of sp³-hybridized carbons (Fsp3) is 0.214. The number of pyridine rings is 1. The Hall–Kier alpha value is -1.53. The molecule has 1 N–H and O–H groups in total. The van der Waals surface area contributed by atoms with Gasteiger partial charge in [-0.2, -0.15) is 5.11 Å². The highest BCUT2D eigenvalue weighted by Crippen LogP contribution is 2.28. The van der Waals surface area contributed by atoms with Crippen LogP contribution in [0.2, 0.25) is 0 Å². The average molecular weight is 304 g/mol. The van der Waals surface area contributed by atoms with E-state index in [-0.39, 0.29) is 0 Å². The Morgan fingerprint density at radius 2 is 2.00 bits per heavy atom. The molecule has 1 aromatic carbocycles. The molecule has 0 fully saturated rings. The molecule has 4 nitrogen and oxygen atoms in total. The van der Waals surface area contributed by atoms with Crippen LogP contribution in [-0.2, 0) is 0 Å². The van der Waals surface area contributed by atoms with E-state index in [2.05, 4.69) is 27.7 Å². The van der Waals surface area contributed by atoms with E-state index >= 15 is 0 Å². The molecule has 2 aromatic rings. The largest absolute Gasteiger partial charge is 0.260 e. The highest BCUT2D eigenvalue weighted by Gasteiger charge is 1.94. The highest BCUT2D eigenvalue weighted by atomic mass is 33.1. The second kappa shape index (κ2) is 8.60. The number of benzene rings is 1. The Morgan fingerprint density at radius 3 is 2.75 bits per heavy atom. The first kappa shape index (κ1) is 14.9. The van der Waals surface area contributed by atoms with Gasteiger partial charge in [-0.05, 0) is 42.0 Å². The molecular weight excluding hydrogens is 288 g/mol. The minimum absolute atomic E-state index is 0.684. The Balaban J connectivity index is 1.59. The van der Waals surface area contributed by atoms with E-state index in [1.165, 1.54) is 5.56 Å². The molecule has 104 valence electrons. The van der Waals surface area contributed by atoms with Gasteiger partial charge in [0.15, 0.2) is 0 Å². The summed E-state index contributed by atoms with van der Waals surface area (Å²) < 4.78 is 0. The summed E-state index contributed by atoms with van der Waals surface area (Å²) >= 11 is 0. The smallest absolute Gasteiger partial charge is 0.106 e. The van der Waals surface area contributed by atoms with E-state index in [4.69, 9.17) is 0 Å². The van der Waals surface area contributed by atoms with Crippen LogP contribution in [0.5, 0.6) is 0 Å². The number of aromatic nitrogens is 1. The monoisotopic (exact) mass is 304 g/mol. The summed E-state index contributed by atoms with van der Waals surface area (Å²) in [7, 11) is 3.39. The summed E-state index contributed by atoms with van der Waals surface area (Å²) in [6.07, 6.45) is 1.80. The van der Waals surface area contributed by atoms with Crippen molar-refractivity contribution in [3.05, 3.63) is 54.2 Å². The van der Waals surface area contributed by atoms with E-state index in [0.29, 0.717) is 6.54 Å². The molecule has 2 rings (SSSR count). The van der Waals surface area contributed by atoms with Crippen molar-refractivity contribution in [3.8, 4) is 0 Å². The van der Waals surface area contributed by atoms with Crippen LogP contribution in [0.15, 0.2) is 64.0 Å². The minimum Gasteiger partial charge on any atom is -0.260 e. The molecule has 0 aliphatic carbocycles. The van der Waals surface area contributed by atoms with Gasteiger partial charge in [-0.15, -0.1) is 0 Å². The van der Waals surface area contributed by atoms with Crippen molar-refractivity contribution in [2.24, 2.45) is 10.3 Å². The highest BCUT2D eigenvalue weighted by molar-refractivity contribution is 8.76. The topological polar surface area (TPSA) is 49.6 Å². The number of aryl methyl sites for hydroxylation is 1. The maximum atomic E-state index is 4.24. The van der Waals surface area contributed by atoms with Crippen molar-refractivity contribution >= 4 is 27.3 Å². The lowest BCUT2D eigenvalue weighted by Gasteiger charge is -1.99. The van der Waals surface area contributed by atoms with E-state index in [0.717, 1.165) is 16.5 Å². The number of hydrogen-bond donors (Lipinski definition) is 1. The Kier molecular flexibility index (Phi) is 6.40. The second-order valence-corrected chi connectivity index (χ2v) is 6.45. The van der Waals surface area contributed by atoms with Gasteiger partial charge >= 0.3 is 0 Å². The molecular formula is C14H16N4S2. The molecule has 20 heavy (non-hydrogen) atoms. The normalized spacial score (nSPS) is 10.8. The number of nitrogens with one attached hydrogen (secondary N) is 1. The summed E-state index contributed by atoms with van der Waals surface area (Å²) in [6.45, 7) is 2.74. The summed E-state index contributed by atoms with van der Waals surface area (Å²) in [4.78, 5) is 4.24. The maximum absolute atomic E-state index is 4.24. The third-order valence-electron chi connectivity index (χ3n) is 2.36. The van der Waals surface area contributed by atoms with Gasteiger partial charge in [-0.3, -0.25) is 5.43 Å². The number of anilines is 1. The van der Waals surface area contributed by atoms with Gasteiger partial charge < -0.3 is 0 Å². The zero-order valence-corrected chi connectivity index (χ0v) is 12.8. The van der Waals surface area contributed by atoms with Gasteiger partial charge in [0.2, 0.25) is 0 Å². The van der Waals surface area contributed by atoms with Gasteiger partial charge in [0.05, 0.1) is 12.2 Å². The van der Waals surface area contributed by atoms with Crippen molar-refractivity contribution in [1.29, 1.82) is 0 Å². The second-order valence-electron chi connectivity index (χ2n) is 4.02. The van der Waals surface area contributed by atoms with Crippen LogP contribution in [0.1, 0.15) is 5.56 Å². The van der Waals surface area contributed by atoms with Gasteiger partial charge in [0.1, 0.15) is 5.03 Å². The zero-order valence-electron chi connectivity index (χ0n) is 11.2. The van der Waals surface area contributed by atoms with E-state index < -0.39 is 0 Å². The predicted molar refractivity (Wildman–Crippen MR) is 87.1 cm³/mol. The predicted octanol–water partition coefficient (Wildman–Crippen LogP) is 4.61. The van der Waals surface area contributed by atoms with Gasteiger partial charge in [-0.25, -0.2) is 4.98 Å². The molecule has 0 saturated carbocycles. The minimum atomic E-state index is 0.684. The van der Waals surface area contributed by atoms with E-state index in [9.17, 15) is 0 Å². The van der Waals surface area contributed by atoms with Crippen LogP contribution in [0.4, 0.5) is 5.69 Å². The van der Waals surface area contributed by atoms with Gasteiger partial charge in [0, 0.05) is 11.9 Å². The van der Waals surface area contributed by atoms with E-state index in [1.54, 1.807) is 27.8 Å². The molecule has 0 bridgehead atoms. The fourth-order valence-electron chi connectivity index (χ4n) is 1.35. The Morgan fingerprint density at radius 1 is 1.15 bits per heavy atom. The molecule has 0 aliphatic rings. The van der Waals surface area contributed by atoms with Crippen molar-refractivity contribution in [3.63, 3.8) is 0 Å². The van der Waals surface area contributed by atoms with Crippen molar-refractivity contribution in [2.75, 3.05) is 17.7 Å². The first-order valence-corrected chi connectivity index (χ1v) is 8.56. The molecule has 1 heterocycles. The van der Waals surface area contributed by atoms with Gasteiger partial charge in [0.25, 0.3) is 0 Å². The standard InChI is InChI=1S/C14H16N4S2/c1-12-5-7-13(8-6-12)17-18-16-10-11-19-20-14-4-2-3-9-15-14/h2-9H,10-11H2,1H3,(H,16,17). The molecule has 0 aliphatic heterocycles. The SMILES string of the molecule is Cc1ccc(N/N=N\CCSSc2ccccn2)cc1. The fourth-order valence-corrected chi connectivity index (χ4v) is 3.08. The average Bonchev–Trinajstić information content (AvgIpc) is 2.49. The van der Waals surface area contributed by atoms with E-state index in [1.807, 2.05) is 42.5 Å². The molecule has 0 amide bonds. The first-order valence-electron chi connectivity index (χ1n) is 6.24. The maximum Gasteiger partial charge on any atom is 0.106 e. The number of rotatable bonds is 7. The lowest BCUT2D eigenvalue weighted by atomic mass is 10.2. The van der Waals surface area contributed by atoms with Crippen LogP contribution < -0.4 is 5.43 Å².